The number of carbonyl (C=O) groups excluding carboxylic acids is 3. The van der Waals surface area contributed by atoms with Crippen LogP contribution < -0.4 is 0 Å². The molecule has 0 aliphatic carbocycles. The van der Waals surface area contributed by atoms with Crippen molar-refractivity contribution in [2.24, 2.45) is 0 Å². The molecule has 0 aliphatic heterocycles. The van der Waals surface area contributed by atoms with Gasteiger partial charge in [0, 0.05) is 0 Å². The molecule has 0 saturated carbocycles. The van der Waals surface area contributed by atoms with E-state index in [1.807, 2.05) is 0 Å². The minimum atomic E-state index is -5.88. The van der Waals surface area contributed by atoms with Crippen molar-refractivity contribution in [3.8, 4) is 0 Å². The van der Waals surface area contributed by atoms with Crippen molar-refractivity contribution in [1.82, 2.24) is 0 Å². The van der Waals surface area contributed by atoms with Crippen LogP contribution in [0.3, 0.4) is 0 Å². The van der Waals surface area contributed by atoms with E-state index in [0.29, 0.717) is 0 Å². The SMILES string of the molecule is O=C(OB(OC(=O)C(F)(F)F)OC(=O)C(F)(F)F)C(F)(F)F.[NaH]. The first-order chi connectivity index (χ1) is 9.55. The molecule has 0 bridgehead atoms. The first kappa shape index (κ1) is 24.1. The standard InChI is InChI=1S/C6BF9O6.Na.H/c8-4(9,10)1(17)20-7(21-2(18)5(11,12)13)22-3(19)6(14,15)16;;. The molecule has 0 aromatic carbocycles. The van der Waals surface area contributed by atoms with Crippen LogP contribution in [-0.2, 0) is 28.3 Å². The van der Waals surface area contributed by atoms with Crippen molar-refractivity contribution in [2.75, 3.05) is 0 Å². The summed E-state index contributed by atoms with van der Waals surface area (Å²) in [5, 5.41) is 0. The Morgan fingerprint density at radius 2 is 0.739 bits per heavy atom. The molecule has 17 heteroatoms. The van der Waals surface area contributed by atoms with Gasteiger partial charge < -0.3 is 14.0 Å². The summed E-state index contributed by atoms with van der Waals surface area (Å²) in [4.78, 5) is 30.7. The molecule has 128 valence electrons. The molecule has 0 aromatic heterocycles. The van der Waals surface area contributed by atoms with Crippen molar-refractivity contribution < 1.29 is 67.9 Å². The topological polar surface area (TPSA) is 78.9 Å². The Hall–Kier alpha value is -1.16. The quantitative estimate of drug-likeness (QED) is 0.533. The average Bonchev–Trinajstić information content (AvgIpc) is 2.24. The number of hydrogen-bond acceptors (Lipinski definition) is 6. The van der Waals surface area contributed by atoms with E-state index in [4.69, 9.17) is 0 Å². The van der Waals surface area contributed by atoms with Crippen molar-refractivity contribution in [3.63, 3.8) is 0 Å². The van der Waals surface area contributed by atoms with Gasteiger partial charge in [-0.1, -0.05) is 0 Å². The zero-order valence-electron chi connectivity index (χ0n) is 9.43. The molecular weight excluding hydrogens is 373 g/mol. The normalized spacial score (nSPS) is 11.9. The molecule has 0 aromatic rings. The second-order valence-corrected chi connectivity index (χ2v) is 3.00. The van der Waals surface area contributed by atoms with Crippen molar-refractivity contribution in [3.05, 3.63) is 0 Å². The van der Waals surface area contributed by atoms with E-state index < -0.39 is 43.8 Å². The Morgan fingerprint density at radius 3 is 0.870 bits per heavy atom. The van der Waals surface area contributed by atoms with Gasteiger partial charge in [0.2, 0.25) is 0 Å². The van der Waals surface area contributed by atoms with Crippen LogP contribution in [0.1, 0.15) is 0 Å². The number of hydrogen-bond donors (Lipinski definition) is 0. The fraction of sp³-hybridized carbons (Fsp3) is 0.500. The van der Waals surface area contributed by atoms with Gasteiger partial charge in [-0.25, -0.2) is 14.4 Å². The van der Waals surface area contributed by atoms with E-state index in [2.05, 4.69) is 14.0 Å². The van der Waals surface area contributed by atoms with Gasteiger partial charge >= 0.3 is 73.3 Å². The van der Waals surface area contributed by atoms with Crippen LogP contribution in [0.2, 0.25) is 0 Å². The van der Waals surface area contributed by atoms with Crippen LogP contribution in [0.5, 0.6) is 0 Å². The second kappa shape index (κ2) is 8.10. The van der Waals surface area contributed by atoms with Gasteiger partial charge in [0.05, 0.1) is 0 Å². The Labute approximate surface area is 141 Å². The molecule has 0 radical (unpaired) electrons. The zero-order valence-corrected chi connectivity index (χ0v) is 9.43. The molecule has 0 aliphatic rings. The van der Waals surface area contributed by atoms with Crippen molar-refractivity contribution >= 4 is 54.8 Å². The maximum absolute atomic E-state index is 11.8. The van der Waals surface area contributed by atoms with Crippen LogP contribution in [0.4, 0.5) is 39.5 Å². The fourth-order valence-electron chi connectivity index (χ4n) is 0.535. The molecule has 0 N–H and O–H groups in total. The van der Waals surface area contributed by atoms with E-state index >= 15 is 0 Å². The Bertz CT molecular complexity index is 390. The van der Waals surface area contributed by atoms with Crippen LogP contribution in [0.15, 0.2) is 0 Å². The van der Waals surface area contributed by atoms with Gasteiger partial charge in [0.25, 0.3) is 0 Å². The van der Waals surface area contributed by atoms with E-state index in [1.165, 1.54) is 0 Å². The Kier molecular flexibility index (Phi) is 8.48. The van der Waals surface area contributed by atoms with Gasteiger partial charge in [-0.15, -0.1) is 0 Å². The third kappa shape index (κ3) is 8.90. The predicted octanol–water partition coefficient (Wildman–Crippen LogP) is 0.639. The maximum atomic E-state index is 11.8. The third-order valence-electron chi connectivity index (χ3n) is 1.30. The number of alkyl halides is 9. The van der Waals surface area contributed by atoms with Gasteiger partial charge in [0.15, 0.2) is 0 Å². The summed E-state index contributed by atoms with van der Waals surface area (Å²) in [6, 6.07) is 0. The first-order valence-electron chi connectivity index (χ1n) is 4.38. The van der Waals surface area contributed by atoms with E-state index in [0.717, 1.165) is 0 Å². The summed E-state index contributed by atoms with van der Waals surface area (Å²) in [6.45, 7) is 0. The summed E-state index contributed by atoms with van der Waals surface area (Å²) < 4.78 is 114. The zero-order chi connectivity index (χ0) is 17.9. The average molecular weight is 374 g/mol. The third-order valence-corrected chi connectivity index (χ3v) is 1.30. The Morgan fingerprint density at radius 1 is 0.565 bits per heavy atom. The van der Waals surface area contributed by atoms with Gasteiger partial charge in [-0.05, 0) is 0 Å². The summed E-state index contributed by atoms with van der Waals surface area (Å²) in [5.41, 5.74) is 0. The molecule has 0 heterocycles. The summed E-state index contributed by atoms with van der Waals surface area (Å²) >= 11 is 0. The van der Waals surface area contributed by atoms with Crippen molar-refractivity contribution in [2.45, 2.75) is 18.5 Å². The molecule has 0 amide bonds. The summed E-state index contributed by atoms with van der Waals surface area (Å²) in [6.07, 6.45) is -17.6. The van der Waals surface area contributed by atoms with E-state index in [9.17, 15) is 53.9 Å². The predicted molar refractivity (Wildman–Crippen MR) is 49.3 cm³/mol. The Balaban J connectivity index is 0. The number of rotatable bonds is 3. The van der Waals surface area contributed by atoms with Gasteiger partial charge in [-0.3, -0.25) is 0 Å². The second-order valence-electron chi connectivity index (χ2n) is 3.00. The molecule has 0 unspecified atom stereocenters. The number of halogens is 9. The molecule has 0 saturated heterocycles. The van der Waals surface area contributed by atoms with Crippen LogP contribution in [0.25, 0.3) is 0 Å². The molecule has 23 heavy (non-hydrogen) atoms. The van der Waals surface area contributed by atoms with Crippen LogP contribution in [-0.4, -0.2) is 73.3 Å². The molecule has 0 spiro atoms. The first-order valence-corrected chi connectivity index (χ1v) is 4.38. The van der Waals surface area contributed by atoms with E-state index in [-0.39, 0.29) is 29.6 Å². The van der Waals surface area contributed by atoms with Gasteiger partial charge in [0.1, 0.15) is 0 Å². The van der Waals surface area contributed by atoms with Crippen LogP contribution in [0, 0.1) is 0 Å². The monoisotopic (exact) mass is 374 g/mol. The molecule has 0 rings (SSSR count). The summed E-state index contributed by atoms with van der Waals surface area (Å²) in [7, 11) is -3.85. The molecular formula is C6HBF9NaO6. The fourth-order valence-corrected chi connectivity index (χ4v) is 0.535. The number of carbonyl (C=O) groups is 3. The molecule has 0 atom stereocenters. The molecule has 6 nitrogen and oxygen atoms in total. The summed E-state index contributed by atoms with van der Waals surface area (Å²) in [5.74, 6) is -10.1. The van der Waals surface area contributed by atoms with Crippen molar-refractivity contribution in [1.29, 1.82) is 0 Å². The minimum absolute atomic E-state index is 0. The van der Waals surface area contributed by atoms with Gasteiger partial charge in [-0.2, -0.15) is 39.5 Å². The molecule has 0 fully saturated rings. The van der Waals surface area contributed by atoms with Crippen LogP contribution >= 0.6 is 0 Å². The van der Waals surface area contributed by atoms with E-state index in [1.54, 1.807) is 0 Å².